The Hall–Kier alpha value is -0.700. The molecule has 0 amide bonds. The number of halogens is 3. The van der Waals surface area contributed by atoms with Gasteiger partial charge in [0.05, 0.1) is 5.57 Å². The third-order valence-corrected chi connectivity index (χ3v) is 1.60. The number of hydrogen-bond donors (Lipinski definition) is 0. The highest BCUT2D eigenvalue weighted by atomic mass is 35.5. The van der Waals surface area contributed by atoms with Gasteiger partial charge in [0, 0.05) is 6.42 Å². The lowest BCUT2D eigenvalue weighted by atomic mass is 10.0. The molecule has 0 spiro atoms. The lowest BCUT2D eigenvalue weighted by molar-refractivity contribution is -0.108. The van der Waals surface area contributed by atoms with Crippen LogP contribution in [-0.2, 0) is 4.79 Å². The highest BCUT2D eigenvalue weighted by molar-refractivity contribution is 6.67. The Labute approximate surface area is 67.3 Å². The zero-order chi connectivity index (χ0) is 8.43. The second-order valence-corrected chi connectivity index (χ2v) is 2.52. The SMILES string of the molecule is O=C(Cl)C1=C(F)C=CC(F)C1. The minimum absolute atomic E-state index is 0.259. The second-order valence-electron chi connectivity index (χ2n) is 2.18. The summed E-state index contributed by atoms with van der Waals surface area (Å²) in [5.41, 5.74) is -0.276. The van der Waals surface area contributed by atoms with Gasteiger partial charge in [0.25, 0.3) is 5.24 Å². The fraction of sp³-hybridized carbons (Fsp3) is 0.286. The first-order chi connectivity index (χ1) is 5.11. The van der Waals surface area contributed by atoms with E-state index in [4.69, 9.17) is 11.6 Å². The molecule has 1 aliphatic rings. The molecular formula is C7H5ClF2O. The molecule has 0 N–H and O–H groups in total. The smallest absolute Gasteiger partial charge is 0.251 e. The lowest BCUT2D eigenvalue weighted by Gasteiger charge is -2.09. The fourth-order valence-electron chi connectivity index (χ4n) is 0.824. The van der Waals surface area contributed by atoms with Crippen molar-refractivity contribution in [2.75, 3.05) is 0 Å². The van der Waals surface area contributed by atoms with Gasteiger partial charge in [-0.3, -0.25) is 4.79 Å². The summed E-state index contributed by atoms with van der Waals surface area (Å²) in [7, 11) is 0. The van der Waals surface area contributed by atoms with Gasteiger partial charge in [-0.25, -0.2) is 8.78 Å². The molecule has 4 heteroatoms. The first-order valence-electron chi connectivity index (χ1n) is 3.02. The molecule has 0 saturated heterocycles. The molecule has 0 aromatic heterocycles. The van der Waals surface area contributed by atoms with Gasteiger partial charge in [0.15, 0.2) is 0 Å². The largest absolute Gasteiger partial charge is 0.276 e. The standard InChI is InChI=1S/C7H5ClF2O/c8-7(11)5-3-4(9)1-2-6(5)10/h1-2,4H,3H2. The number of hydrogen-bond acceptors (Lipinski definition) is 1. The highest BCUT2D eigenvalue weighted by Crippen LogP contribution is 2.23. The van der Waals surface area contributed by atoms with E-state index in [1.807, 2.05) is 0 Å². The second kappa shape index (κ2) is 3.13. The van der Waals surface area contributed by atoms with Crippen molar-refractivity contribution in [3.63, 3.8) is 0 Å². The maximum absolute atomic E-state index is 12.6. The summed E-state index contributed by atoms with van der Waals surface area (Å²) < 4.78 is 25.1. The van der Waals surface area contributed by atoms with Gasteiger partial charge in [0.1, 0.15) is 12.0 Å². The average Bonchev–Trinajstić information content (AvgIpc) is 1.94. The van der Waals surface area contributed by atoms with E-state index in [1.165, 1.54) is 0 Å². The molecule has 0 fully saturated rings. The molecule has 1 aliphatic carbocycles. The van der Waals surface area contributed by atoms with Crippen LogP contribution in [0.4, 0.5) is 8.78 Å². The highest BCUT2D eigenvalue weighted by Gasteiger charge is 2.19. The number of carbonyl (C=O) groups is 1. The minimum atomic E-state index is -1.30. The maximum atomic E-state index is 12.6. The summed E-state index contributed by atoms with van der Waals surface area (Å²) in [4.78, 5) is 10.4. The quantitative estimate of drug-likeness (QED) is 0.563. The molecule has 0 bridgehead atoms. The van der Waals surface area contributed by atoms with E-state index in [1.54, 1.807) is 0 Å². The van der Waals surface area contributed by atoms with E-state index in [2.05, 4.69) is 0 Å². The maximum Gasteiger partial charge on any atom is 0.251 e. The summed E-state index contributed by atoms with van der Waals surface area (Å²) in [6.07, 6.45) is 0.416. The summed E-state index contributed by atoms with van der Waals surface area (Å²) in [6.45, 7) is 0. The van der Waals surface area contributed by atoms with Crippen LogP contribution < -0.4 is 0 Å². The number of alkyl halides is 1. The molecule has 0 aromatic carbocycles. The lowest BCUT2D eigenvalue weighted by Crippen LogP contribution is -2.08. The molecule has 1 unspecified atom stereocenters. The van der Waals surface area contributed by atoms with E-state index in [-0.39, 0.29) is 12.0 Å². The van der Waals surface area contributed by atoms with Gasteiger partial charge in [-0.15, -0.1) is 0 Å². The van der Waals surface area contributed by atoms with Crippen molar-refractivity contribution in [2.45, 2.75) is 12.6 Å². The van der Waals surface area contributed by atoms with Gasteiger partial charge in [-0.05, 0) is 23.8 Å². The Morgan fingerprint density at radius 2 is 2.36 bits per heavy atom. The third-order valence-electron chi connectivity index (χ3n) is 1.38. The van der Waals surface area contributed by atoms with Crippen molar-refractivity contribution in [1.29, 1.82) is 0 Å². The summed E-state index contributed by atoms with van der Waals surface area (Å²) in [5.74, 6) is -0.737. The van der Waals surface area contributed by atoms with Crippen LogP contribution in [0.15, 0.2) is 23.6 Å². The number of carbonyl (C=O) groups excluding carboxylic acids is 1. The fourth-order valence-corrected chi connectivity index (χ4v) is 0.992. The number of rotatable bonds is 1. The van der Waals surface area contributed by atoms with Crippen molar-refractivity contribution in [2.24, 2.45) is 0 Å². The van der Waals surface area contributed by atoms with Crippen LogP contribution >= 0.6 is 11.6 Å². The molecular weight excluding hydrogens is 174 g/mol. The van der Waals surface area contributed by atoms with Crippen LogP contribution in [0.2, 0.25) is 0 Å². The van der Waals surface area contributed by atoms with E-state index in [0.717, 1.165) is 12.2 Å². The summed E-state index contributed by atoms with van der Waals surface area (Å²) >= 11 is 4.98. The normalized spacial score (nSPS) is 24.1. The van der Waals surface area contributed by atoms with Crippen LogP contribution in [-0.4, -0.2) is 11.4 Å². The summed E-state index contributed by atoms with van der Waals surface area (Å²) in [5, 5.41) is -0.922. The topological polar surface area (TPSA) is 17.1 Å². The zero-order valence-electron chi connectivity index (χ0n) is 5.48. The van der Waals surface area contributed by atoms with Gasteiger partial charge >= 0.3 is 0 Å². The van der Waals surface area contributed by atoms with Crippen molar-refractivity contribution >= 4 is 16.8 Å². The molecule has 0 radical (unpaired) electrons. The molecule has 0 aliphatic heterocycles. The van der Waals surface area contributed by atoms with Gasteiger partial charge < -0.3 is 0 Å². The van der Waals surface area contributed by atoms with E-state index in [9.17, 15) is 13.6 Å². The van der Waals surface area contributed by atoms with Crippen molar-refractivity contribution in [1.82, 2.24) is 0 Å². The molecule has 1 rings (SSSR count). The molecule has 0 aromatic rings. The Bertz CT molecular complexity index is 245. The van der Waals surface area contributed by atoms with E-state index >= 15 is 0 Å². The Morgan fingerprint density at radius 1 is 1.73 bits per heavy atom. The predicted molar refractivity (Wildman–Crippen MR) is 37.6 cm³/mol. The van der Waals surface area contributed by atoms with E-state index < -0.39 is 17.2 Å². The van der Waals surface area contributed by atoms with Crippen LogP contribution in [0.1, 0.15) is 6.42 Å². The average molecular weight is 179 g/mol. The van der Waals surface area contributed by atoms with Crippen LogP contribution in [0.5, 0.6) is 0 Å². The minimum Gasteiger partial charge on any atom is -0.276 e. The zero-order valence-corrected chi connectivity index (χ0v) is 6.24. The molecule has 60 valence electrons. The Morgan fingerprint density at radius 3 is 2.82 bits per heavy atom. The van der Waals surface area contributed by atoms with Crippen LogP contribution in [0, 0.1) is 0 Å². The van der Waals surface area contributed by atoms with Gasteiger partial charge in [-0.2, -0.15) is 0 Å². The Balaban J connectivity index is 2.90. The monoisotopic (exact) mass is 178 g/mol. The molecule has 1 nitrogen and oxygen atoms in total. The first-order valence-corrected chi connectivity index (χ1v) is 3.40. The van der Waals surface area contributed by atoms with E-state index in [0.29, 0.717) is 0 Å². The predicted octanol–water partition coefficient (Wildman–Crippen LogP) is 2.27. The first kappa shape index (κ1) is 8.40. The van der Waals surface area contributed by atoms with Crippen molar-refractivity contribution in [3.8, 4) is 0 Å². The third kappa shape index (κ3) is 1.87. The summed E-state index contributed by atoms with van der Waals surface area (Å²) in [6, 6.07) is 0. The molecule has 0 saturated carbocycles. The molecule has 11 heavy (non-hydrogen) atoms. The number of allylic oxidation sites excluding steroid dienone is 4. The molecule has 1 atom stereocenters. The molecule has 0 heterocycles. The van der Waals surface area contributed by atoms with Crippen LogP contribution in [0.3, 0.4) is 0 Å². The Kier molecular flexibility index (Phi) is 2.39. The van der Waals surface area contributed by atoms with Crippen molar-refractivity contribution < 1.29 is 13.6 Å². The van der Waals surface area contributed by atoms with Crippen molar-refractivity contribution in [3.05, 3.63) is 23.6 Å². The van der Waals surface area contributed by atoms with Crippen LogP contribution in [0.25, 0.3) is 0 Å². The van der Waals surface area contributed by atoms with Gasteiger partial charge in [0.2, 0.25) is 0 Å². The van der Waals surface area contributed by atoms with Gasteiger partial charge in [-0.1, -0.05) is 0 Å².